The molecule has 7 heteroatoms. The van der Waals surface area contributed by atoms with E-state index >= 15 is 0 Å². The minimum Gasteiger partial charge on any atom is -0.388 e. The van der Waals surface area contributed by atoms with Crippen LogP contribution >= 0.6 is 0 Å². The summed E-state index contributed by atoms with van der Waals surface area (Å²) in [6, 6.07) is 4.06. The number of hydrogen-bond acceptors (Lipinski definition) is 3. The third-order valence-electron chi connectivity index (χ3n) is 4.14. The summed E-state index contributed by atoms with van der Waals surface area (Å²) in [5.74, 6) is -0.556. The van der Waals surface area contributed by atoms with Crippen LogP contribution in [0, 0.1) is 6.92 Å². The van der Waals surface area contributed by atoms with Crippen molar-refractivity contribution in [1.29, 1.82) is 0 Å². The van der Waals surface area contributed by atoms with E-state index < -0.39 is 23.2 Å². The fraction of sp³-hybridized carbons (Fsp3) is 0.562. The zero-order valence-corrected chi connectivity index (χ0v) is 13.0. The number of aliphatic hydroxyl groups is 1. The van der Waals surface area contributed by atoms with Gasteiger partial charge < -0.3 is 10.8 Å². The lowest BCUT2D eigenvalue weighted by molar-refractivity contribution is -0.138. The van der Waals surface area contributed by atoms with Crippen molar-refractivity contribution in [3.8, 4) is 0 Å². The maximum Gasteiger partial charge on any atom is 0.416 e. The molecule has 1 heterocycles. The highest BCUT2D eigenvalue weighted by atomic mass is 19.4. The van der Waals surface area contributed by atoms with Crippen LogP contribution in [0.1, 0.15) is 36.0 Å². The van der Waals surface area contributed by atoms with Gasteiger partial charge in [0.1, 0.15) is 0 Å². The molecule has 1 atom stereocenters. The molecule has 0 spiro atoms. The van der Waals surface area contributed by atoms with Gasteiger partial charge in [0.05, 0.1) is 17.6 Å². The van der Waals surface area contributed by atoms with Gasteiger partial charge in [-0.2, -0.15) is 13.2 Å². The number of aryl methyl sites for hydroxylation is 1. The van der Waals surface area contributed by atoms with Crippen LogP contribution in [0.15, 0.2) is 18.2 Å². The van der Waals surface area contributed by atoms with E-state index in [9.17, 15) is 23.1 Å². The normalized spacial score (nSPS) is 23.0. The van der Waals surface area contributed by atoms with Gasteiger partial charge in [0.2, 0.25) is 5.91 Å². The van der Waals surface area contributed by atoms with Crippen molar-refractivity contribution in [2.45, 2.75) is 44.5 Å². The fourth-order valence-electron chi connectivity index (χ4n) is 3.21. The van der Waals surface area contributed by atoms with E-state index in [0.29, 0.717) is 19.4 Å². The number of hydrogen-bond donors (Lipinski definition) is 2. The summed E-state index contributed by atoms with van der Waals surface area (Å²) >= 11 is 0. The molecule has 1 aromatic carbocycles. The molecule has 0 saturated carbocycles. The number of amides is 1. The van der Waals surface area contributed by atoms with Gasteiger partial charge in [0.15, 0.2) is 0 Å². The van der Waals surface area contributed by atoms with Crippen molar-refractivity contribution in [2.75, 3.05) is 13.1 Å². The quantitative estimate of drug-likeness (QED) is 0.889. The summed E-state index contributed by atoms with van der Waals surface area (Å²) < 4.78 is 38.3. The van der Waals surface area contributed by atoms with Crippen LogP contribution in [-0.4, -0.2) is 34.6 Å². The van der Waals surface area contributed by atoms with E-state index in [2.05, 4.69) is 0 Å². The average molecular weight is 330 g/mol. The summed E-state index contributed by atoms with van der Waals surface area (Å²) in [5.41, 5.74) is 4.31. The molecule has 0 bridgehead atoms. The minimum absolute atomic E-state index is 0.102. The monoisotopic (exact) mass is 330 g/mol. The Morgan fingerprint density at radius 2 is 2.13 bits per heavy atom. The maximum atomic E-state index is 12.8. The van der Waals surface area contributed by atoms with Crippen molar-refractivity contribution in [3.05, 3.63) is 34.9 Å². The molecule has 1 saturated heterocycles. The van der Waals surface area contributed by atoms with Crippen LogP contribution in [0.5, 0.6) is 0 Å². The van der Waals surface area contributed by atoms with Gasteiger partial charge in [-0.05, 0) is 43.5 Å². The Morgan fingerprint density at radius 1 is 1.43 bits per heavy atom. The zero-order valence-electron chi connectivity index (χ0n) is 13.0. The van der Waals surface area contributed by atoms with Gasteiger partial charge >= 0.3 is 6.18 Å². The SMILES string of the molecule is Cc1cc(CN2CCCC(O)(CC(N)=O)C2)ccc1C(F)(F)F. The smallest absolute Gasteiger partial charge is 0.388 e. The molecule has 1 aromatic rings. The molecule has 0 radical (unpaired) electrons. The molecule has 1 aliphatic heterocycles. The van der Waals surface area contributed by atoms with E-state index in [0.717, 1.165) is 18.2 Å². The lowest BCUT2D eigenvalue weighted by Gasteiger charge is -2.38. The van der Waals surface area contributed by atoms with Crippen LogP contribution in [0.4, 0.5) is 13.2 Å². The Balaban J connectivity index is 2.07. The standard InChI is InChI=1S/C16H21F3N2O2/c1-11-7-12(3-4-13(11)16(17,18)19)9-21-6-2-5-15(23,10-21)8-14(20)22/h3-4,7,23H,2,5-6,8-10H2,1H3,(H2,20,22). The Hall–Kier alpha value is -1.60. The molecule has 1 amide bonds. The summed E-state index contributed by atoms with van der Waals surface area (Å²) in [7, 11) is 0. The molecule has 1 unspecified atom stereocenters. The number of nitrogens with two attached hydrogens (primary N) is 1. The van der Waals surface area contributed by atoms with Gasteiger partial charge in [0.25, 0.3) is 0 Å². The molecule has 4 nitrogen and oxygen atoms in total. The summed E-state index contributed by atoms with van der Waals surface area (Å²) in [6.07, 6.45) is -3.24. The number of carbonyl (C=O) groups is 1. The lowest BCUT2D eigenvalue weighted by Crippen LogP contribution is -2.49. The number of alkyl halides is 3. The second-order valence-corrected chi connectivity index (χ2v) is 6.33. The number of primary amides is 1. The van der Waals surface area contributed by atoms with E-state index in [4.69, 9.17) is 5.73 Å². The van der Waals surface area contributed by atoms with Crippen LogP contribution in [-0.2, 0) is 17.5 Å². The zero-order chi connectivity index (χ0) is 17.3. The number of nitrogens with zero attached hydrogens (tertiary/aromatic N) is 1. The Bertz CT molecular complexity index is 589. The van der Waals surface area contributed by atoms with Crippen molar-refractivity contribution in [2.24, 2.45) is 5.73 Å². The molecule has 1 fully saturated rings. The number of rotatable bonds is 4. The minimum atomic E-state index is -4.35. The van der Waals surface area contributed by atoms with Gasteiger partial charge in [-0.25, -0.2) is 0 Å². The van der Waals surface area contributed by atoms with Crippen molar-refractivity contribution < 1.29 is 23.1 Å². The molecular weight excluding hydrogens is 309 g/mol. The number of β-amino-alcohol motifs (C(OH)–C–C–N with tert-alkyl or cyclic N) is 1. The van der Waals surface area contributed by atoms with Crippen molar-refractivity contribution in [3.63, 3.8) is 0 Å². The second-order valence-electron chi connectivity index (χ2n) is 6.33. The highest BCUT2D eigenvalue weighted by molar-refractivity contribution is 5.75. The summed E-state index contributed by atoms with van der Waals surface area (Å²) in [6.45, 7) is 2.88. The highest BCUT2D eigenvalue weighted by Crippen LogP contribution is 2.32. The Morgan fingerprint density at radius 3 is 2.70 bits per heavy atom. The highest BCUT2D eigenvalue weighted by Gasteiger charge is 2.35. The predicted octanol–water partition coefficient (Wildman–Crippen LogP) is 2.22. The predicted molar refractivity (Wildman–Crippen MR) is 79.5 cm³/mol. The first-order valence-electron chi connectivity index (χ1n) is 7.49. The Labute approximate surface area is 133 Å². The number of halogens is 3. The number of likely N-dealkylation sites (tertiary alicyclic amines) is 1. The Kier molecular flexibility index (Phi) is 5.01. The van der Waals surface area contributed by atoms with Crippen molar-refractivity contribution >= 4 is 5.91 Å². The van der Waals surface area contributed by atoms with Crippen LogP contribution in [0.2, 0.25) is 0 Å². The molecule has 0 aliphatic carbocycles. The third-order valence-corrected chi connectivity index (χ3v) is 4.14. The lowest BCUT2D eigenvalue weighted by atomic mass is 9.89. The first-order chi connectivity index (χ1) is 10.6. The van der Waals surface area contributed by atoms with Gasteiger partial charge in [0, 0.05) is 13.1 Å². The molecular formula is C16H21F3N2O2. The average Bonchev–Trinajstić information content (AvgIpc) is 2.35. The van der Waals surface area contributed by atoms with Gasteiger partial charge in [-0.3, -0.25) is 9.69 Å². The maximum absolute atomic E-state index is 12.8. The molecule has 128 valence electrons. The van der Waals surface area contributed by atoms with Gasteiger partial charge in [-0.1, -0.05) is 12.1 Å². The largest absolute Gasteiger partial charge is 0.416 e. The van der Waals surface area contributed by atoms with E-state index in [1.807, 2.05) is 4.90 Å². The number of benzene rings is 1. The molecule has 2 rings (SSSR count). The summed E-state index contributed by atoms with van der Waals surface area (Å²) in [5, 5.41) is 10.4. The van der Waals surface area contributed by atoms with Crippen LogP contribution in [0.25, 0.3) is 0 Å². The topological polar surface area (TPSA) is 66.6 Å². The number of piperidine rings is 1. The van der Waals surface area contributed by atoms with Crippen LogP contribution in [0.3, 0.4) is 0 Å². The molecule has 1 aliphatic rings. The fourth-order valence-corrected chi connectivity index (χ4v) is 3.21. The third kappa shape index (κ3) is 4.68. The summed E-state index contributed by atoms with van der Waals surface area (Å²) in [4.78, 5) is 13.0. The van der Waals surface area contributed by atoms with Gasteiger partial charge in [-0.15, -0.1) is 0 Å². The van der Waals surface area contributed by atoms with Crippen LogP contribution < -0.4 is 5.73 Å². The number of carbonyl (C=O) groups excluding carboxylic acids is 1. The van der Waals surface area contributed by atoms with E-state index in [1.54, 1.807) is 0 Å². The molecule has 23 heavy (non-hydrogen) atoms. The van der Waals surface area contributed by atoms with Crippen molar-refractivity contribution in [1.82, 2.24) is 4.90 Å². The van der Waals surface area contributed by atoms with E-state index in [-0.39, 0.29) is 18.5 Å². The first-order valence-corrected chi connectivity index (χ1v) is 7.49. The second kappa shape index (κ2) is 6.49. The van der Waals surface area contributed by atoms with E-state index in [1.165, 1.54) is 19.1 Å². The molecule has 3 N–H and O–H groups in total. The first kappa shape index (κ1) is 17.7. The molecule has 0 aromatic heterocycles.